The predicted octanol–water partition coefficient (Wildman–Crippen LogP) is 0.810. The quantitative estimate of drug-likeness (QED) is 0.623. The minimum atomic E-state index is -0.389. The molecule has 0 bridgehead atoms. The fourth-order valence-electron chi connectivity index (χ4n) is 0.816. The van der Waals surface area contributed by atoms with Crippen LogP contribution in [0, 0.1) is 5.92 Å². The normalized spacial score (nSPS) is 12.9. The van der Waals surface area contributed by atoms with Gasteiger partial charge in [0.1, 0.15) is 6.10 Å². The monoisotopic (exact) mass is 203 g/mol. The van der Waals surface area contributed by atoms with Crippen molar-refractivity contribution >= 4 is 5.91 Å². The summed E-state index contributed by atoms with van der Waals surface area (Å²) in [6.45, 7) is 7.72. The Morgan fingerprint density at radius 2 is 2.00 bits per heavy atom. The molecule has 4 heteroatoms. The van der Waals surface area contributed by atoms with Gasteiger partial charge in [-0.2, -0.15) is 0 Å². The molecule has 1 N–H and O–H groups in total. The molecule has 0 aromatic heterocycles. The predicted molar refractivity (Wildman–Crippen MR) is 55.1 cm³/mol. The van der Waals surface area contributed by atoms with Gasteiger partial charge in [0, 0.05) is 20.3 Å². The molecule has 0 heterocycles. The average molecular weight is 203 g/mol. The molecule has 0 aliphatic heterocycles. The Balaban J connectivity index is 3.32. The summed E-state index contributed by atoms with van der Waals surface area (Å²) in [6, 6.07) is 0. The number of hydrogen-bond acceptors (Lipinski definition) is 3. The summed E-state index contributed by atoms with van der Waals surface area (Å²) in [6.07, 6.45) is -0.389. The van der Waals surface area contributed by atoms with Crippen LogP contribution in [0.3, 0.4) is 0 Å². The molecule has 0 aromatic rings. The van der Waals surface area contributed by atoms with Gasteiger partial charge < -0.3 is 14.8 Å². The minimum absolute atomic E-state index is 0.0966. The van der Waals surface area contributed by atoms with E-state index in [1.54, 1.807) is 6.92 Å². The van der Waals surface area contributed by atoms with Crippen LogP contribution in [0.5, 0.6) is 0 Å². The van der Waals surface area contributed by atoms with Gasteiger partial charge in [0.2, 0.25) is 5.91 Å². The van der Waals surface area contributed by atoms with Crippen molar-refractivity contribution < 1.29 is 14.3 Å². The maximum Gasteiger partial charge on any atom is 0.248 e. The molecule has 0 saturated heterocycles. The van der Waals surface area contributed by atoms with E-state index in [0.717, 1.165) is 6.61 Å². The molecule has 4 nitrogen and oxygen atoms in total. The van der Waals surface area contributed by atoms with Gasteiger partial charge in [0.15, 0.2) is 0 Å². The van der Waals surface area contributed by atoms with Crippen LogP contribution in [-0.4, -0.2) is 38.9 Å². The molecule has 0 spiro atoms. The van der Waals surface area contributed by atoms with E-state index in [1.165, 1.54) is 7.11 Å². The first-order valence-electron chi connectivity index (χ1n) is 4.96. The summed E-state index contributed by atoms with van der Waals surface area (Å²) >= 11 is 0. The van der Waals surface area contributed by atoms with Crippen LogP contribution >= 0.6 is 0 Å². The number of rotatable bonds is 7. The van der Waals surface area contributed by atoms with E-state index in [2.05, 4.69) is 19.2 Å². The summed E-state index contributed by atoms with van der Waals surface area (Å²) in [4.78, 5) is 11.2. The molecule has 0 aliphatic carbocycles. The van der Waals surface area contributed by atoms with Crippen molar-refractivity contribution in [3.63, 3.8) is 0 Å². The average Bonchev–Trinajstić information content (AvgIpc) is 2.15. The van der Waals surface area contributed by atoms with Gasteiger partial charge in [-0.3, -0.25) is 4.79 Å². The van der Waals surface area contributed by atoms with Crippen molar-refractivity contribution in [3.8, 4) is 0 Å². The molecule has 0 fully saturated rings. The number of ether oxygens (including phenoxy) is 2. The van der Waals surface area contributed by atoms with E-state index in [4.69, 9.17) is 9.47 Å². The first kappa shape index (κ1) is 13.4. The fraction of sp³-hybridized carbons (Fsp3) is 0.900. The standard InChI is InChI=1S/C10H21NO3/c1-8(2)7-14-6-5-11-10(12)9(3)13-4/h8-9H,5-7H2,1-4H3,(H,11,12). The Labute approximate surface area is 86.0 Å². The molecule has 1 unspecified atom stereocenters. The molecule has 1 amide bonds. The zero-order valence-electron chi connectivity index (χ0n) is 9.50. The lowest BCUT2D eigenvalue weighted by atomic mass is 10.2. The Bertz CT molecular complexity index is 159. The second kappa shape index (κ2) is 7.76. The number of carbonyl (C=O) groups is 1. The number of nitrogens with one attached hydrogen (secondary N) is 1. The van der Waals surface area contributed by atoms with Gasteiger partial charge in [0.05, 0.1) is 6.61 Å². The van der Waals surface area contributed by atoms with Crippen molar-refractivity contribution in [2.45, 2.75) is 26.9 Å². The fourth-order valence-corrected chi connectivity index (χ4v) is 0.816. The van der Waals surface area contributed by atoms with E-state index in [0.29, 0.717) is 19.1 Å². The van der Waals surface area contributed by atoms with Gasteiger partial charge in [-0.1, -0.05) is 13.8 Å². The molecule has 84 valence electrons. The molecular weight excluding hydrogens is 182 g/mol. The first-order valence-corrected chi connectivity index (χ1v) is 4.96. The zero-order chi connectivity index (χ0) is 11.0. The molecule has 0 rings (SSSR count). The Hall–Kier alpha value is -0.610. The smallest absolute Gasteiger partial charge is 0.248 e. The van der Waals surface area contributed by atoms with E-state index in [9.17, 15) is 4.79 Å². The largest absolute Gasteiger partial charge is 0.379 e. The highest BCUT2D eigenvalue weighted by Gasteiger charge is 2.09. The van der Waals surface area contributed by atoms with Crippen molar-refractivity contribution in [2.24, 2.45) is 5.92 Å². The first-order chi connectivity index (χ1) is 6.57. The van der Waals surface area contributed by atoms with Crippen molar-refractivity contribution in [1.29, 1.82) is 0 Å². The third-order valence-corrected chi connectivity index (χ3v) is 1.72. The van der Waals surface area contributed by atoms with Crippen LogP contribution in [0.1, 0.15) is 20.8 Å². The molecule has 0 aromatic carbocycles. The zero-order valence-corrected chi connectivity index (χ0v) is 9.50. The van der Waals surface area contributed by atoms with E-state index < -0.39 is 0 Å². The van der Waals surface area contributed by atoms with Gasteiger partial charge >= 0.3 is 0 Å². The highest BCUT2D eigenvalue weighted by molar-refractivity contribution is 5.80. The highest BCUT2D eigenvalue weighted by atomic mass is 16.5. The van der Waals surface area contributed by atoms with E-state index in [-0.39, 0.29) is 12.0 Å². The molecular formula is C10H21NO3. The maximum atomic E-state index is 11.2. The Morgan fingerprint density at radius 1 is 1.36 bits per heavy atom. The Morgan fingerprint density at radius 3 is 2.50 bits per heavy atom. The van der Waals surface area contributed by atoms with E-state index in [1.807, 2.05) is 0 Å². The number of amides is 1. The highest BCUT2D eigenvalue weighted by Crippen LogP contribution is 1.91. The van der Waals surface area contributed by atoms with Crippen LogP contribution in [0.25, 0.3) is 0 Å². The summed E-state index contributed by atoms with van der Waals surface area (Å²) in [5.74, 6) is 0.434. The maximum absolute atomic E-state index is 11.2. The number of carbonyl (C=O) groups excluding carboxylic acids is 1. The summed E-state index contributed by atoms with van der Waals surface area (Å²) < 4.78 is 10.2. The SMILES string of the molecule is COC(C)C(=O)NCCOCC(C)C. The lowest BCUT2D eigenvalue weighted by Gasteiger charge is -2.11. The van der Waals surface area contributed by atoms with Crippen LogP contribution in [-0.2, 0) is 14.3 Å². The minimum Gasteiger partial charge on any atom is -0.379 e. The topological polar surface area (TPSA) is 47.6 Å². The van der Waals surface area contributed by atoms with Crippen molar-refractivity contribution in [2.75, 3.05) is 26.9 Å². The third-order valence-electron chi connectivity index (χ3n) is 1.72. The number of hydrogen-bond donors (Lipinski definition) is 1. The lowest BCUT2D eigenvalue weighted by Crippen LogP contribution is -2.36. The molecule has 0 radical (unpaired) electrons. The Kier molecular flexibility index (Phi) is 7.42. The van der Waals surface area contributed by atoms with E-state index >= 15 is 0 Å². The van der Waals surface area contributed by atoms with Crippen LogP contribution < -0.4 is 5.32 Å². The van der Waals surface area contributed by atoms with Gasteiger partial charge in [-0.05, 0) is 12.8 Å². The lowest BCUT2D eigenvalue weighted by molar-refractivity contribution is -0.130. The van der Waals surface area contributed by atoms with Crippen LogP contribution in [0.4, 0.5) is 0 Å². The van der Waals surface area contributed by atoms with Crippen molar-refractivity contribution in [1.82, 2.24) is 5.32 Å². The molecule has 14 heavy (non-hydrogen) atoms. The summed E-state index contributed by atoms with van der Waals surface area (Å²) in [5, 5.41) is 2.72. The van der Waals surface area contributed by atoms with Crippen LogP contribution in [0.15, 0.2) is 0 Å². The number of methoxy groups -OCH3 is 1. The molecule has 0 saturated carbocycles. The summed E-state index contributed by atoms with van der Waals surface area (Å²) in [5.41, 5.74) is 0. The second-order valence-electron chi connectivity index (χ2n) is 3.64. The third kappa shape index (κ3) is 6.86. The van der Waals surface area contributed by atoms with Crippen molar-refractivity contribution in [3.05, 3.63) is 0 Å². The molecule has 1 atom stereocenters. The molecule has 0 aliphatic rings. The van der Waals surface area contributed by atoms with Gasteiger partial charge in [0.25, 0.3) is 0 Å². The van der Waals surface area contributed by atoms with Crippen LogP contribution in [0.2, 0.25) is 0 Å². The second-order valence-corrected chi connectivity index (χ2v) is 3.64. The van der Waals surface area contributed by atoms with Gasteiger partial charge in [-0.15, -0.1) is 0 Å². The van der Waals surface area contributed by atoms with Gasteiger partial charge in [-0.25, -0.2) is 0 Å². The summed E-state index contributed by atoms with van der Waals surface area (Å²) in [7, 11) is 1.51.